The van der Waals surface area contributed by atoms with Crippen molar-refractivity contribution >= 4 is 44.5 Å². The van der Waals surface area contributed by atoms with Crippen molar-refractivity contribution in [3.63, 3.8) is 0 Å². The molecule has 3 fully saturated rings. The van der Waals surface area contributed by atoms with Crippen LogP contribution in [0.25, 0.3) is 22.0 Å². The van der Waals surface area contributed by atoms with Gasteiger partial charge in [0.1, 0.15) is 29.5 Å². The van der Waals surface area contributed by atoms with Gasteiger partial charge in [0.2, 0.25) is 33.6 Å². The molecule has 2 saturated carbocycles. The minimum absolute atomic E-state index is 0.00813. The molecule has 1 aromatic carbocycles. The quantitative estimate of drug-likeness (QED) is 0.190. The molecule has 1 saturated heterocycles. The number of sulfonamides is 1. The Morgan fingerprint density at radius 2 is 1.79 bits per heavy atom. The van der Waals surface area contributed by atoms with E-state index in [-0.39, 0.29) is 43.2 Å². The van der Waals surface area contributed by atoms with E-state index in [1.165, 1.54) is 4.90 Å². The van der Waals surface area contributed by atoms with Gasteiger partial charge in [0.25, 0.3) is 5.91 Å². The minimum atomic E-state index is -3.93. The van der Waals surface area contributed by atoms with Crippen LogP contribution in [-0.4, -0.2) is 101 Å². The standard InChI is InChI=1S/C46H61N7O9S/c1-26(2)61-38-18-13-29(24-47-38)36-21-30-20-32(60-8)14-17-35(30)41(48-36)62-33-22-37-40(54)50-46(43(56)52-63(58,59)34-15-16-34)23-31(46)12-10-9-11-27(3)19-28(4)39(42(55)53(37)25-33)49-44(57)51-45(5,6)7/h10,12-14,17-18,20-21,24,26-28,31,33-34,37,39H,9,11,15-16,19,22-23,25H2,1-8H3,(H,50,54)(H,52,56)(H2,49,51,57)/b12-10-/t27-,28-,31-,33-,37+,39+,46-/m1/s1. The van der Waals surface area contributed by atoms with Crippen LogP contribution in [0.2, 0.25) is 0 Å². The van der Waals surface area contributed by atoms with E-state index in [1.54, 1.807) is 25.4 Å². The van der Waals surface area contributed by atoms with Gasteiger partial charge in [-0.05, 0) is 121 Å². The zero-order valence-corrected chi connectivity index (χ0v) is 38.2. The lowest BCUT2D eigenvalue weighted by atomic mass is 9.88. The van der Waals surface area contributed by atoms with Crippen molar-refractivity contribution < 1.29 is 41.8 Å². The van der Waals surface area contributed by atoms with Gasteiger partial charge in [0.15, 0.2) is 0 Å². The number of benzene rings is 1. The van der Waals surface area contributed by atoms with E-state index in [0.29, 0.717) is 54.0 Å². The van der Waals surface area contributed by atoms with E-state index in [0.717, 1.165) is 11.8 Å². The van der Waals surface area contributed by atoms with Crippen LogP contribution < -0.4 is 34.9 Å². The third-order valence-corrected chi connectivity index (χ3v) is 13.9. The van der Waals surface area contributed by atoms with E-state index in [4.69, 9.17) is 19.2 Å². The number of carbonyl (C=O) groups is 4. The van der Waals surface area contributed by atoms with Gasteiger partial charge in [-0.15, -0.1) is 0 Å². The lowest BCUT2D eigenvalue weighted by Gasteiger charge is -2.33. The molecule has 16 nitrogen and oxygen atoms in total. The molecule has 7 rings (SSSR count). The van der Waals surface area contributed by atoms with Crippen molar-refractivity contribution in [2.24, 2.45) is 17.8 Å². The topological polar surface area (TPSA) is 207 Å². The summed E-state index contributed by atoms with van der Waals surface area (Å²) in [6, 6.07) is 8.30. The van der Waals surface area contributed by atoms with Crippen LogP contribution in [0.15, 0.2) is 54.7 Å². The summed E-state index contributed by atoms with van der Waals surface area (Å²) in [6.45, 7) is 13.3. The normalized spacial score (nSPS) is 27.2. The highest BCUT2D eigenvalue weighted by molar-refractivity contribution is 7.91. The Hall–Kier alpha value is -5.45. The third-order valence-electron chi connectivity index (χ3n) is 12.1. The average Bonchev–Trinajstić information content (AvgIpc) is 4.14. The number of urea groups is 1. The number of fused-ring (bicyclic) bond motifs is 3. The second-order valence-electron chi connectivity index (χ2n) is 19.0. The molecule has 5 amide bonds. The van der Waals surface area contributed by atoms with E-state index < -0.39 is 74.2 Å². The molecule has 2 aliphatic carbocycles. The summed E-state index contributed by atoms with van der Waals surface area (Å²) in [7, 11) is -2.35. The summed E-state index contributed by atoms with van der Waals surface area (Å²) in [6.07, 6.45) is 7.84. The molecule has 0 bridgehead atoms. The molecule has 63 heavy (non-hydrogen) atoms. The number of hydrogen-bond donors (Lipinski definition) is 4. The maximum absolute atomic E-state index is 15.0. The first kappa shape index (κ1) is 45.6. The second-order valence-corrected chi connectivity index (χ2v) is 21.0. The monoisotopic (exact) mass is 887 g/mol. The van der Waals surface area contributed by atoms with Crippen LogP contribution >= 0.6 is 0 Å². The minimum Gasteiger partial charge on any atom is -0.497 e. The first-order chi connectivity index (χ1) is 29.7. The zero-order chi connectivity index (χ0) is 45.4. The van der Waals surface area contributed by atoms with Gasteiger partial charge in [-0.2, -0.15) is 0 Å². The van der Waals surface area contributed by atoms with Crippen molar-refractivity contribution in [2.75, 3.05) is 13.7 Å². The number of nitrogens with one attached hydrogen (secondary N) is 4. The molecule has 2 aliphatic heterocycles. The highest BCUT2D eigenvalue weighted by Crippen LogP contribution is 2.46. The van der Waals surface area contributed by atoms with Gasteiger partial charge in [-0.3, -0.25) is 19.1 Å². The highest BCUT2D eigenvalue weighted by atomic mass is 32.2. The summed E-state index contributed by atoms with van der Waals surface area (Å²) in [5.41, 5.74) is -0.890. The molecule has 17 heteroatoms. The Labute approximate surface area is 369 Å². The SMILES string of the molecule is COc1ccc2c(O[C@@H]3C[C@H]4C(=O)N[C@]5(C(=O)NS(=O)(=O)C6CC6)C[C@H]5/C=C\CC[C@@H](C)C[C@@H](C)[C@H](NC(=O)NC(C)(C)C)C(=O)N4C3)nc(-c3ccc(OC(C)C)nc3)cc2c1. The number of pyridine rings is 2. The number of hydrogen-bond acceptors (Lipinski definition) is 11. The van der Waals surface area contributed by atoms with E-state index in [2.05, 4.69) is 32.6 Å². The number of amides is 5. The number of nitrogens with zero attached hydrogens (tertiary/aromatic N) is 3. The fraction of sp³-hybridized carbons (Fsp3) is 0.565. The number of carbonyl (C=O) groups excluding carboxylic acids is 4. The first-order valence-electron chi connectivity index (χ1n) is 22.0. The molecule has 7 atom stereocenters. The maximum atomic E-state index is 15.0. The van der Waals surface area contributed by atoms with Crippen molar-refractivity contribution in [3.8, 4) is 28.8 Å². The van der Waals surface area contributed by atoms with Crippen LogP contribution in [0.3, 0.4) is 0 Å². The van der Waals surface area contributed by atoms with Crippen LogP contribution in [0, 0.1) is 17.8 Å². The summed E-state index contributed by atoms with van der Waals surface area (Å²) in [5, 5.41) is 9.55. The van der Waals surface area contributed by atoms with Gasteiger partial charge in [0.05, 0.1) is 30.7 Å². The van der Waals surface area contributed by atoms with Crippen LogP contribution in [-0.2, 0) is 24.4 Å². The van der Waals surface area contributed by atoms with Gasteiger partial charge in [-0.25, -0.2) is 23.2 Å². The highest BCUT2D eigenvalue weighted by Gasteiger charge is 2.62. The van der Waals surface area contributed by atoms with Gasteiger partial charge < -0.3 is 35.1 Å². The van der Waals surface area contributed by atoms with Crippen molar-refractivity contribution in [2.45, 2.75) is 134 Å². The molecular formula is C46H61N7O9S. The number of rotatable bonds is 10. The fourth-order valence-electron chi connectivity index (χ4n) is 8.59. The molecule has 4 N–H and O–H groups in total. The Bertz CT molecular complexity index is 2360. The Morgan fingerprint density at radius 3 is 2.46 bits per heavy atom. The largest absolute Gasteiger partial charge is 0.497 e. The zero-order valence-electron chi connectivity index (χ0n) is 37.4. The Kier molecular flexibility index (Phi) is 13.0. The fourth-order valence-corrected chi connectivity index (χ4v) is 9.95. The van der Waals surface area contributed by atoms with Crippen LogP contribution in [0.1, 0.15) is 93.4 Å². The molecule has 2 aromatic heterocycles. The summed E-state index contributed by atoms with van der Waals surface area (Å²) >= 11 is 0. The smallest absolute Gasteiger partial charge is 0.315 e. The summed E-state index contributed by atoms with van der Waals surface area (Å²) in [4.78, 5) is 68.1. The van der Waals surface area contributed by atoms with E-state index in [9.17, 15) is 22.8 Å². The van der Waals surface area contributed by atoms with Gasteiger partial charge >= 0.3 is 6.03 Å². The number of methoxy groups -OCH3 is 1. The molecule has 0 unspecified atom stereocenters. The lowest BCUT2D eigenvalue weighted by molar-refractivity contribution is -0.142. The van der Waals surface area contributed by atoms with Crippen molar-refractivity contribution in [1.82, 2.24) is 35.5 Å². The van der Waals surface area contributed by atoms with E-state index in [1.807, 2.05) is 78.0 Å². The maximum Gasteiger partial charge on any atom is 0.315 e. The van der Waals surface area contributed by atoms with Crippen molar-refractivity contribution in [3.05, 3.63) is 54.7 Å². The molecule has 0 spiro atoms. The summed E-state index contributed by atoms with van der Waals surface area (Å²) in [5.74, 6) is -1.22. The molecule has 4 heterocycles. The predicted octanol–water partition coefficient (Wildman–Crippen LogP) is 5.40. The predicted molar refractivity (Wildman–Crippen MR) is 237 cm³/mol. The van der Waals surface area contributed by atoms with Gasteiger partial charge in [-0.1, -0.05) is 26.0 Å². The summed E-state index contributed by atoms with van der Waals surface area (Å²) < 4.78 is 46.3. The first-order valence-corrected chi connectivity index (χ1v) is 23.5. The second kappa shape index (κ2) is 18.0. The number of ether oxygens (including phenoxy) is 3. The molecule has 0 radical (unpaired) electrons. The van der Waals surface area contributed by atoms with Crippen molar-refractivity contribution in [1.29, 1.82) is 0 Å². The third kappa shape index (κ3) is 10.7. The average molecular weight is 888 g/mol. The molecule has 4 aliphatic rings. The molecular weight excluding hydrogens is 827 g/mol. The Balaban J connectivity index is 1.25. The van der Waals surface area contributed by atoms with Crippen LogP contribution in [0.5, 0.6) is 17.5 Å². The Morgan fingerprint density at radius 1 is 1.03 bits per heavy atom. The van der Waals surface area contributed by atoms with Gasteiger partial charge in [0, 0.05) is 41.1 Å². The number of allylic oxidation sites excluding steroid dienone is 1. The van der Waals surface area contributed by atoms with Crippen LogP contribution in [0.4, 0.5) is 4.79 Å². The lowest BCUT2D eigenvalue weighted by Crippen LogP contribution is -2.60. The van der Waals surface area contributed by atoms with E-state index >= 15 is 4.79 Å². The number of aromatic nitrogens is 2. The molecule has 340 valence electrons. The molecule has 3 aromatic rings.